The fraction of sp³-hybridized carbons (Fsp3) is 0.933. The lowest BCUT2D eigenvalue weighted by Gasteiger charge is -2.28. The van der Waals surface area contributed by atoms with Crippen molar-refractivity contribution in [3.05, 3.63) is 0 Å². The Labute approximate surface area is 117 Å². The Morgan fingerprint density at radius 3 is 2.74 bits per heavy atom. The van der Waals surface area contributed by atoms with Gasteiger partial charge in [0.25, 0.3) is 0 Å². The van der Waals surface area contributed by atoms with E-state index in [1.165, 1.54) is 25.7 Å². The highest BCUT2D eigenvalue weighted by Gasteiger charge is 2.25. The predicted molar refractivity (Wildman–Crippen MR) is 78.0 cm³/mol. The van der Waals surface area contributed by atoms with Crippen LogP contribution in [0.4, 0.5) is 0 Å². The highest BCUT2D eigenvalue weighted by atomic mass is 16.1. The van der Waals surface area contributed by atoms with Crippen LogP contribution in [-0.4, -0.2) is 50.1 Å². The molecule has 4 nitrogen and oxygen atoms in total. The number of piperidine rings is 1. The maximum Gasteiger partial charge on any atom is 0.224 e. The summed E-state index contributed by atoms with van der Waals surface area (Å²) in [5.41, 5.74) is 0. The van der Waals surface area contributed by atoms with E-state index in [2.05, 4.69) is 29.5 Å². The summed E-state index contributed by atoms with van der Waals surface area (Å²) >= 11 is 0. The number of carbonyl (C=O) groups excluding carboxylic acids is 1. The van der Waals surface area contributed by atoms with Gasteiger partial charge in [-0.05, 0) is 38.8 Å². The fourth-order valence-corrected chi connectivity index (χ4v) is 3.38. The third-order valence-corrected chi connectivity index (χ3v) is 4.65. The zero-order valence-corrected chi connectivity index (χ0v) is 12.5. The predicted octanol–water partition coefficient (Wildman–Crippen LogP) is 1.22. The van der Waals surface area contributed by atoms with Gasteiger partial charge in [0.1, 0.15) is 0 Å². The van der Waals surface area contributed by atoms with E-state index in [9.17, 15) is 4.79 Å². The molecule has 2 fully saturated rings. The topological polar surface area (TPSA) is 44.4 Å². The molecule has 1 saturated heterocycles. The summed E-state index contributed by atoms with van der Waals surface area (Å²) in [6.45, 7) is 5.87. The van der Waals surface area contributed by atoms with E-state index in [0.29, 0.717) is 5.92 Å². The maximum absolute atomic E-state index is 12.1. The fourth-order valence-electron chi connectivity index (χ4n) is 3.38. The number of hydrogen-bond acceptors (Lipinski definition) is 3. The second-order valence-corrected chi connectivity index (χ2v) is 6.41. The molecule has 0 aromatic carbocycles. The van der Waals surface area contributed by atoms with Gasteiger partial charge in [0.15, 0.2) is 0 Å². The molecule has 19 heavy (non-hydrogen) atoms. The largest absolute Gasteiger partial charge is 0.355 e. The first-order valence-corrected chi connectivity index (χ1v) is 7.85. The van der Waals surface area contributed by atoms with Gasteiger partial charge in [0.2, 0.25) is 5.91 Å². The highest BCUT2D eigenvalue weighted by Crippen LogP contribution is 2.21. The SMILES string of the molecule is CC1CNCC(C(=O)NCCN(C)C2CCCC2)C1. The van der Waals surface area contributed by atoms with Crippen LogP contribution in [0.1, 0.15) is 39.0 Å². The Morgan fingerprint density at radius 2 is 2.05 bits per heavy atom. The summed E-state index contributed by atoms with van der Waals surface area (Å²) in [6.07, 6.45) is 6.42. The first-order chi connectivity index (χ1) is 9.16. The van der Waals surface area contributed by atoms with Crippen LogP contribution in [-0.2, 0) is 4.79 Å². The number of nitrogens with zero attached hydrogens (tertiary/aromatic N) is 1. The minimum atomic E-state index is 0.167. The van der Waals surface area contributed by atoms with E-state index in [1.807, 2.05) is 0 Å². The molecule has 1 aliphatic carbocycles. The number of carbonyl (C=O) groups is 1. The Kier molecular flexibility index (Phi) is 5.64. The molecule has 2 aliphatic rings. The van der Waals surface area contributed by atoms with E-state index in [1.54, 1.807) is 0 Å². The summed E-state index contributed by atoms with van der Waals surface area (Å²) in [7, 11) is 2.19. The number of amides is 1. The first kappa shape index (κ1) is 14.8. The minimum Gasteiger partial charge on any atom is -0.355 e. The summed E-state index contributed by atoms with van der Waals surface area (Å²) in [6, 6.07) is 0.744. The van der Waals surface area contributed by atoms with Gasteiger partial charge in [-0.3, -0.25) is 4.79 Å². The van der Waals surface area contributed by atoms with Crippen molar-refractivity contribution in [1.29, 1.82) is 0 Å². The molecule has 1 aliphatic heterocycles. The van der Waals surface area contributed by atoms with Crippen molar-refractivity contribution in [1.82, 2.24) is 15.5 Å². The molecule has 110 valence electrons. The lowest BCUT2D eigenvalue weighted by Crippen LogP contribution is -2.45. The first-order valence-electron chi connectivity index (χ1n) is 7.85. The van der Waals surface area contributed by atoms with Crippen LogP contribution in [0.2, 0.25) is 0 Å². The third kappa shape index (κ3) is 4.46. The summed E-state index contributed by atoms with van der Waals surface area (Å²) in [5.74, 6) is 1.02. The zero-order valence-electron chi connectivity index (χ0n) is 12.5. The normalized spacial score (nSPS) is 28.8. The Hall–Kier alpha value is -0.610. The van der Waals surface area contributed by atoms with E-state index < -0.39 is 0 Å². The summed E-state index contributed by atoms with van der Waals surface area (Å²) in [5, 5.41) is 6.44. The molecule has 2 unspecified atom stereocenters. The van der Waals surface area contributed by atoms with Crippen LogP contribution in [0, 0.1) is 11.8 Å². The molecule has 2 N–H and O–H groups in total. The van der Waals surface area contributed by atoms with Gasteiger partial charge in [-0.25, -0.2) is 0 Å². The molecular formula is C15H29N3O. The van der Waals surface area contributed by atoms with Crippen molar-refractivity contribution in [2.24, 2.45) is 11.8 Å². The van der Waals surface area contributed by atoms with E-state index in [-0.39, 0.29) is 11.8 Å². The van der Waals surface area contributed by atoms with Crippen LogP contribution >= 0.6 is 0 Å². The van der Waals surface area contributed by atoms with Crippen LogP contribution < -0.4 is 10.6 Å². The van der Waals surface area contributed by atoms with Gasteiger partial charge in [-0.1, -0.05) is 19.8 Å². The van der Waals surface area contributed by atoms with Crippen molar-refractivity contribution >= 4 is 5.91 Å². The van der Waals surface area contributed by atoms with E-state index in [4.69, 9.17) is 0 Å². The second-order valence-electron chi connectivity index (χ2n) is 6.41. The molecule has 1 heterocycles. The Balaban J connectivity index is 1.63. The van der Waals surface area contributed by atoms with Gasteiger partial charge in [-0.2, -0.15) is 0 Å². The average molecular weight is 267 g/mol. The van der Waals surface area contributed by atoms with Crippen LogP contribution in [0.15, 0.2) is 0 Å². The number of nitrogens with one attached hydrogen (secondary N) is 2. The van der Waals surface area contributed by atoms with Gasteiger partial charge in [-0.15, -0.1) is 0 Å². The van der Waals surface area contributed by atoms with Crippen molar-refractivity contribution < 1.29 is 4.79 Å². The average Bonchev–Trinajstić information content (AvgIpc) is 2.92. The Bertz CT molecular complexity index is 289. The zero-order chi connectivity index (χ0) is 13.7. The van der Waals surface area contributed by atoms with Gasteiger partial charge >= 0.3 is 0 Å². The molecule has 2 rings (SSSR count). The summed E-state index contributed by atoms with van der Waals surface area (Å²) in [4.78, 5) is 14.5. The van der Waals surface area contributed by atoms with Crippen LogP contribution in [0.25, 0.3) is 0 Å². The quantitative estimate of drug-likeness (QED) is 0.787. The van der Waals surface area contributed by atoms with Crippen molar-refractivity contribution in [3.63, 3.8) is 0 Å². The highest BCUT2D eigenvalue weighted by molar-refractivity contribution is 5.79. The monoisotopic (exact) mass is 267 g/mol. The van der Waals surface area contributed by atoms with Crippen molar-refractivity contribution in [2.75, 3.05) is 33.2 Å². The smallest absolute Gasteiger partial charge is 0.224 e. The van der Waals surface area contributed by atoms with E-state index >= 15 is 0 Å². The van der Waals surface area contributed by atoms with Gasteiger partial charge in [0, 0.05) is 25.7 Å². The second kappa shape index (κ2) is 7.25. The molecular weight excluding hydrogens is 238 g/mol. The standard InChI is InChI=1S/C15H29N3O/c1-12-9-13(11-16-10-12)15(19)17-7-8-18(2)14-5-3-4-6-14/h12-14,16H,3-11H2,1-2H3,(H,17,19). The number of rotatable bonds is 5. The lowest BCUT2D eigenvalue weighted by atomic mass is 9.91. The molecule has 0 aromatic heterocycles. The molecule has 0 aromatic rings. The van der Waals surface area contributed by atoms with Crippen LogP contribution in [0.3, 0.4) is 0 Å². The number of likely N-dealkylation sites (N-methyl/N-ethyl adjacent to an activating group) is 1. The summed E-state index contributed by atoms with van der Waals surface area (Å²) < 4.78 is 0. The van der Waals surface area contributed by atoms with Crippen LogP contribution in [0.5, 0.6) is 0 Å². The van der Waals surface area contributed by atoms with E-state index in [0.717, 1.165) is 38.6 Å². The van der Waals surface area contributed by atoms with Gasteiger partial charge < -0.3 is 15.5 Å². The van der Waals surface area contributed by atoms with Crippen molar-refractivity contribution in [3.8, 4) is 0 Å². The molecule has 0 spiro atoms. The molecule has 4 heteroatoms. The molecule has 0 radical (unpaired) electrons. The lowest BCUT2D eigenvalue weighted by molar-refractivity contribution is -0.125. The van der Waals surface area contributed by atoms with Crippen molar-refractivity contribution in [2.45, 2.75) is 45.1 Å². The maximum atomic E-state index is 12.1. The van der Waals surface area contributed by atoms with Gasteiger partial charge in [0.05, 0.1) is 5.92 Å². The molecule has 0 bridgehead atoms. The molecule has 1 saturated carbocycles. The third-order valence-electron chi connectivity index (χ3n) is 4.65. The Morgan fingerprint density at radius 1 is 1.32 bits per heavy atom. The minimum absolute atomic E-state index is 0.167. The molecule has 2 atom stereocenters. The molecule has 1 amide bonds. The number of hydrogen-bond donors (Lipinski definition) is 2.